The van der Waals surface area contributed by atoms with Gasteiger partial charge < -0.3 is 14.1 Å². The number of carbonyl (C=O) groups is 1. The van der Waals surface area contributed by atoms with Gasteiger partial charge in [-0.15, -0.1) is 0 Å². The Hall–Kier alpha value is -1.36. The summed E-state index contributed by atoms with van der Waals surface area (Å²) in [5, 5.41) is 0. The first-order valence-electron chi connectivity index (χ1n) is 6.54. The monoisotopic (exact) mass is 250 g/mol. The fourth-order valence-electron chi connectivity index (χ4n) is 2.21. The molecule has 98 valence electrons. The summed E-state index contributed by atoms with van der Waals surface area (Å²) in [5.41, 5.74) is 0.514. The Morgan fingerprint density at radius 3 is 2.89 bits per heavy atom. The van der Waals surface area contributed by atoms with E-state index in [1.165, 1.54) is 6.39 Å². The van der Waals surface area contributed by atoms with Gasteiger partial charge in [0.15, 0.2) is 12.1 Å². The Morgan fingerprint density at radius 2 is 2.28 bits per heavy atom. The molecule has 0 bridgehead atoms. The van der Waals surface area contributed by atoms with Gasteiger partial charge in [0.2, 0.25) is 0 Å². The number of carbonyl (C=O) groups excluding carboxylic acids is 1. The van der Waals surface area contributed by atoms with E-state index in [1.807, 2.05) is 4.90 Å². The molecule has 0 radical (unpaired) electrons. The van der Waals surface area contributed by atoms with Gasteiger partial charge in [0, 0.05) is 25.6 Å². The van der Waals surface area contributed by atoms with Gasteiger partial charge in [-0.05, 0) is 25.7 Å². The molecule has 0 unspecified atom stereocenters. The van der Waals surface area contributed by atoms with Crippen LogP contribution in [0, 0.1) is 0 Å². The second-order valence-electron chi connectivity index (χ2n) is 5.06. The van der Waals surface area contributed by atoms with Crippen LogP contribution in [0.3, 0.4) is 0 Å². The molecule has 0 atom stereocenters. The molecule has 1 aromatic rings. The number of hydrogen-bond donors (Lipinski definition) is 0. The molecular weight excluding hydrogens is 232 g/mol. The van der Waals surface area contributed by atoms with Crippen LogP contribution in [0.5, 0.6) is 0 Å². The summed E-state index contributed by atoms with van der Waals surface area (Å²) in [5.74, 6) is 1.20. The number of nitrogens with zero attached hydrogens (tertiary/aromatic N) is 2. The van der Waals surface area contributed by atoms with Crippen LogP contribution in [0.25, 0.3) is 0 Å². The first-order chi connectivity index (χ1) is 8.81. The number of hydrogen-bond acceptors (Lipinski definition) is 4. The number of aromatic nitrogens is 1. The van der Waals surface area contributed by atoms with Gasteiger partial charge in [-0.25, -0.2) is 4.98 Å². The second kappa shape index (κ2) is 4.72. The molecule has 5 heteroatoms. The molecule has 3 rings (SSSR count). The lowest BCUT2D eigenvalue weighted by atomic mass is 10.2. The smallest absolute Gasteiger partial charge is 0.276 e. The molecule has 1 heterocycles. The molecule has 2 aliphatic carbocycles. The van der Waals surface area contributed by atoms with Gasteiger partial charge in [0.25, 0.3) is 5.91 Å². The van der Waals surface area contributed by atoms with Gasteiger partial charge in [-0.2, -0.15) is 0 Å². The maximum atomic E-state index is 12.5. The minimum Gasteiger partial charge on any atom is -0.447 e. The molecule has 18 heavy (non-hydrogen) atoms. The normalized spacial score (nSPS) is 18.9. The van der Waals surface area contributed by atoms with Crippen molar-refractivity contribution in [3.63, 3.8) is 0 Å². The number of amides is 1. The molecule has 0 N–H and O–H groups in total. The highest BCUT2D eigenvalue weighted by molar-refractivity contribution is 5.93. The van der Waals surface area contributed by atoms with Gasteiger partial charge in [-0.3, -0.25) is 4.79 Å². The summed E-state index contributed by atoms with van der Waals surface area (Å²) in [6.45, 7) is 1.20. The molecule has 1 aromatic heterocycles. The highest BCUT2D eigenvalue weighted by Crippen LogP contribution is 2.42. The Labute approximate surface area is 106 Å². The van der Waals surface area contributed by atoms with Crippen LogP contribution >= 0.6 is 0 Å². The van der Waals surface area contributed by atoms with Gasteiger partial charge in [0.05, 0.1) is 6.61 Å². The van der Waals surface area contributed by atoms with E-state index >= 15 is 0 Å². The lowest BCUT2D eigenvalue weighted by Crippen LogP contribution is -2.36. The summed E-state index contributed by atoms with van der Waals surface area (Å²) >= 11 is 0. The van der Waals surface area contributed by atoms with Crippen LogP contribution in [-0.2, 0) is 4.74 Å². The van der Waals surface area contributed by atoms with E-state index in [9.17, 15) is 4.79 Å². The summed E-state index contributed by atoms with van der Waals surface area (Å²) in [7, 11) is 1.65. The molecule has 1 amide bonds. The summed E-state index contributed by atoms with van der Waals surface area (Å²) in [6, 6.07) is 0.372. The van der Waals surface area contributed by atoms with Crippen molar-refractivity contribution < 1.29 is 13.9 Å². The zero-order valence-electron chi connectivity index (χ0n) is 10.6. The predicted molar refractivity (Wildman–Crippen MR) is 64.4 cm³/mol. The molecule has 2 aliphatic rings. The Balaban J connectivity index is 1.75. The Morgan fingerprint density at radius 1 is 1.50 bits per heavy atom. The van der Waals surface area contributed by atoms with E-state index in [0.29, 0.717) is 30.8 Å². The number of oxazole rings is 1. The first kappa shape index (κ1) is 11.7. The number of rotatable bonds is 6. The summed E-state index contributed by atoms with van der Waals surface area (Å²) < 4.78 is 10.4. The second-order valence-corrected chi connectivity index (χ2v) is 5.06. The van der Waals surface area contributed by atoms with Crippen molar-refractivity contribution in [3.8, 4) is 0 Å². The lowest BCUT2D eigenvalue weighted by Gasteiger charge is -2.21. The van der Waals surface area contributed by atoms with Gasteiger partial charge in [0.1, 0.15) is 5.76 Å². The van der Waals surface area contributed by atoms with Crippen molar-refractivity contribution in [1.82, 2.24) is 9.88 Å². The zero-order chi connectivity index (χ0) is 12.5. The SMILES string of the molecule is COCCN(C(=O)c1ncoc1C1CC1)C1CC1. The summed E-state index contributed by atoms with van der Waals surface area (Å²) in [4.78, 5) is 18.5. The van der Waals surface area contributed by atoms with Crippen LogP contribution in [0.1, 0.15) is 47.8 Å². The molecule has 0 saturated heterocycles. The fraction of sp³-hybridized carbons (Fsp3) is 0.692. The average molecular weight is 250 g/mol. The highest BCUT2D eigenvalue weighted by Gasteiger charge is 2.38. The van der Waals surface area contributed by atoms with Gasteiger partial charge >= 0.3 is 0 Å². The molecule has 2 fully saturated rings. The van der Waals surface area contributed by atoms with Crippen molar-refractivity contribution in [3.05, 3.63) is 17.8 Å². The molecule has 2 saturated carbocycles. The zero-order valence-corrected chi connectivity index (χ0v) is 10.6. The predicted octanol–water partition coefficient (Wildman–Crippen LogP) is 1.80. The number of methoxy groups -OCH3 is 1. The van der Waals surface area contributed by atoms with Crippen molar-refractivity contribution in [1.29, 1.82) is 0 Å². The standard InChI is InChI=1S/C13H18N2O3/c1-17-7-6-15(10-4-5-10)13(16)11-12(9-2-3-9)18-8-14-11/h8-10H,2-7H2,1H3. The minimum absolute atomic E-state index is 0.00481. The quantitative estimate of drug-likeness (QED) is 0.772. The van der Waals surface area contributed by atoms with Crippen LogP contribution in [0.2, 0.25) is 0 Å². The summed E-state index contributed by atoms with van der Waals surface area (Å²) in [6.07, 6.45) is 5.79. The van der Waals surface area contributed by atoms with Crippen LogP contribution in [-0.4, -0.2) is 42.1 Å². The van der Waals surface area contributed by atoms with Crippen molar-refractivity contribution in [2.45, 2.75) is 37.6 Å². The minimum atomic E-state index is 0.00481. The van der Waals surface area contributed by atoms with Gasteiger partial charge in [-0.1, -0.05) is 0 Å². The van der Waals surface area contributed by atoms with Crippen molar-refractivity contribution in [2.24, 2.45) is 0 Å². The van der Waals surface area contributed by atoms with E-state index in [0.717, 1.165) is 31.4 Å². The topological polar surface area (TPSA) is 55.6 Å². The van der Waals surface area contributed by atoms with E-state index in [-0.39, 0.29) is 5.91 Å². The van der Waals surface area contributed by atoms with Crippen LogP contribution in [0.15, 0.2) is 10.8 Å². The largest absolute Gasteiger partial charge is 0.447 e. The third kappa shape index (κ3) is 2.27. The maximum absolute atomic E-state index is 12.5. The lowest BCUT2D eigenvalue weighted by molar-refractivity contribution is 0.0673. The highest BCUT2D eigenvalue weighted by atomic mass is 16.5. The first-order valence-corrected chi connectivity index (χ1v) is 6.54. The Bertz CT molecular complexity index is 435. The third-order valence-electron chi connectivity index (χ3n) is 3.53. The van der Waals surface area contributed by atoms with Crippen LogP contribution < -0.4 is 0 Å². The average Bonchev–Trinajstić information content (AvgIpc) is 3.29. The fourth-order valence-corrected chi connectivity index (χ4v) is 2.21. The van der Waals surface area contributed by atoms with E-state index in [1.54, 1.807) is 7.11 Å². The maximum Gasteiger partial charge on any atom is 0.276 e. The van der Waals surface area contributed by atoms with Crippen molar-refractivity contribution in [2.75, 3.05) is 20.3 Å². The third-order valence-corrected chi connectivity index (χ3v) is 3.53. The van der Waals surface area contributed by atoms with E-state index in [2.05, 4.69) is 4.98 Å². The molecule has 5 nitrogen and oxygen atoms in total. The molecular formula is C13H18N2O3. The molecule has 0 aromatic carbocycles. The van der Waals surface area contributed by atoms with Crippen molar-refractivity contribution >= 4 is 5.91 Å². The Kier molecular flexibility index (Phi) is 3.07. The van der Waals surface area contributed by atoms with E-state index < -0.39 is 0 Å². The van der Waals surface area contributed by atoms with E-state index in [4.69, 9.17) is 9.15 Å². The molecule has 0 aliphatic heterocycles. The molecule has 0 spiro atoms. The number of ether oxygens (including phenoxy) is 1. The van der Waals surface area contributed by atoms with Crippen LogP contribution in [0.4, 0.5) is 0 Å².